The van der Waals surface area contributed by atoms with E-state index in [2.05, 4.69) is 15.5 Å². The van der Waals surface area contributed by atoms with E-state index in [4.69, 9.17) is 4.74 Å². The number of ether oxygens (including phenoxy) is 1. The first kappa shape index (κ1) is 18.9. The van der Waals surface area contributed by atoms with Crippen LogP contribution in [-0.4, -0.2) is 58.9 Å². The van der Waals surface area contributed by atoms with Crippen LogP contribution in [0, 0.1) is 0 Å². The highest BCUT2D eigenvalue weighted by atomic mass is 16.5. The molecule has 1 saturated carbocycles. The Morgan fingerprint density at radius 3 is 2.75 bits per heavy atom. The number of nitrogens with zero attached hydrogens (tertiary/aromatic N) is 4. The number of amides is 1. The third-order valence-corrected chi connectivity index (χ3v) is 4.53. The zero-order chi connectivity index (χ0) is 17.2. The van der Waals surface area contributed by atoms with Gasteiger partial charge in [-0.3, -0.25) is 9.69 Å². The minimum atomic E-state index is 0.103. The van der Waals surface area contributed by atoms with Gasteiger partial charge in [0.15, 0.2) is 0 Å². The molecule has 7 heteroatoms. The van der Waals surface area contributed by atoms with E-state index in [0.29, 0.717) is 25.7 Å². The number of hydrogen-bond acceptors (Lipinski definition) is 5. The van der Waals surface area contributed by atoms with E-state index in [1.165, 1.54) is 32.1 Å². The summed E-state index contributed by atoms with van der Waals surface area (Å²) in [5.41, 5.74) is 0. The number of likely N-dealkylation sites (N-methyl/N-ethyl adjacent to an activating group) is 1. The molecule has 0 saturated heterocycles. The molecule has 1 amide bonds. The predicted molar refractivity (Wildman–Crippen MR) is 92.5 cm³/mol. The van der Waals surface area contributed by atoms with Gasteiger partial charge in [0.1, 0.15) is 12.2 Å². The van der Waals surface area contributed by atoms with Crippen LogP contribution in [-0.2, 0) is 22.6 Å². The molecule has 1 heterocycles. The second-order valence-electron chi connectivity index (χ2n) is 6.72. The second-order valence-corrected chi connectivity index (χ2v) is 6.72. The fourth-order valence-electron chi connectivity index (χ4n) is 3.19. The third kappa shape index (κ3) is 6.57. The molecule has 2 rings (SSSR count). The molecule has 1 aromatic rings. The largest absolute Gasteiger partial charge is 0.383 e. The van der Waals surface area contributed by atoms with Crippen molar-refractivity contribution in [3.05, 3.63) is 12.2 Å². The maximum absolute atomic E-state index is 12.3. The Bertz CT molecular complexity index is 483. The van der Waals surface area contributed by atoms with Crippen molar-refractivity contribution in [3.8, 4) is 0 Å². The van der Waals surface area contributed by atoms with Gasteiger partial charge in [0.05, 0.1) is 19.7 Å². The lowest BCUT2D eigenvalue weighted by atomic mass is 9.97. The van der Waals surface area contributed by atoms with Crippen molar-refractivity contribution in [2.75, 3.05) is 27.3 Å². The van der Waals surface area contributed by atoms with Crippen LogP contribution in [0.1, 0.15) is 50.8 Å². The SMILES string of the molecule is COCCn1cnnc1CN(C)CC(=O)NC1CCCCCCC1. The Morgan fingerprint density at radius 2 is 2.04 bits per heavy atom. The molecule has 0 radical (unpaired) electrons. The summed E-state index contributed by atoms with van der Waals surface area (Å²) in [4.78, 5) is 14.3. The molecule has 1 aliphatic carbocycles. The van der Waals surface area contributed by atoms with Gasteiger partial charge in [-0.05, 0) is 19.9 Å². The lowest BCUT2D eigenvalue weighted by Gasteiger charge is -2.23. The van der Waals surface area contributed by atoms with Gasteiger partial charge in [-0.2, -0.15) is 0 Å². The Morgan fingerprint density at radius 1 is 1.33 bits per heavy atom. The summed E-state index contributed by atoms with van der Waals surface area (Å²) in [5, 5.41) is 11.3. The van der Waals surface area contributed by atoms with E-state index >= 15 is 0 Å². The topological polar surface area (TPSA) is 72.3 Å². The molecule has 1 aliphatic rings. The van der Waals surface area contributed by atoms with Crippen LogP contribution in [0.25, 0.3) is 0 Å². The van der Waals surface area contributed by atoms with Gasteiger partial charge in [-0.25, -0.2) is 0 Å². The smallest absolute Gasteiger partial charge is 0.234 e. The number of hydrogen-bond donors (Lipinski definition) is 1. The fourth-order valence-corrected chi connectivity index (χ4v) is 3.19. The first-order valence-corrected chi connectivity index (χ1v) is 9.02. The van der Waals surface area contributed by atoms with Crippen molar-refractivity contribution < 1.29 is 9.53 Å². The van der Waals surface area contributed by atoms with E-state index < -0.39 is 0 Å². The summed E-state index contributed by atoms with van der Waals surface area (Å²) in [6, 6.07) is 0.344. The van der Waals surface area contributed by atoms with Gasteiger partial charge in [0.25, 0.3) is 0 Å². The van der Waals surface area contributed by atoms with Crippen LogP contribution in [0.5, 0.6) is 0 Å². The van der Waals surface area contributed by atoms with Gasteiger partial charge in [-0.1, -0.05) is 32.1 Å². The highest BCUT2D eigenvalue weighted by molar-refractivity contribution is 5.78. The van der Waals surface area contributed by atoms with Crippen molar-refractivity contribution in [2.45, 2.75) is 64.1 Å². The number of nitrogens with one attached hydrogen (secondary N) is 1. The summed E-state index contributed by atoms with van der Waals surface area (Å²) in [6.07, 6.45) is 10.3. The summed E-state index contributed by atoms with van der Waals surface area (Å²) >= 11 is 0. The monoisotopic (exact) mass is 337 g/mol. The standard InChI is InChI=1S/C17H31N5O2/c1-21(12-16-20-18-14-22(16)10-11-24-2)13-17(23)19-15-8-6-4-3-5-7-9-15/h14-15H,3-13H2,1-2H3,(H,19,23). The minimum Gasteiger partial charge on any atom is -0.383 e. The maximum atomic E-state index is 12.3. The minimum absolute atomic E-state index is 0.103. The molecule has 1 aromatic heterocycles. The molecule has 0 spiro atoms. The Hall–Kier alpha value is -1.47. The Kier molecular flexibility index (Phi) is 8.18. The lowest BCUT2D eigenvalue weighted by Crippen LogP contribution is -2.41. The van der Waals surface area contributed by atoms with E-state index in [9.17, 15) is 4.79 Å². The first-order chi connectivity index (χ1) is 11.7. The molecule has 0 aromatic carbocycles. The van der Waals surface area contributed by atoms with Gasteiger partial charge >= 0.3 is 0 Å². The molecule has 1 N–H and O–H groups in total. The lowest BCUT2D eigenvalue weighted by molar-refractivity contribution is -0.122. The Balaban J connectivity index is 1.75. The molecule has 1 fully saturated rings. The average Bonchev–Trinajstić information content (AvgIpc) is 2.94. The number of methoxy groups -OCH3 is 1. The van der Waals surface area contributed by atoms with Crippen molar-refractivity contribution in [1.82, 2.24) is 25.0 Å². The van der Waals surface area contributed by atoms with Crippen molar-refractivity contribution in [2.24, 2.45) is 0 Å². The second kappa shape index (κ2) is 10.4. The molecule has 136 valence electrons. The van der Waals surface area contributed by atoms with E-state index in [0.717, 1.165) is 25.2 Å². The molecular weight excluding hydrogens is 306 g/mol. The van der Waals surface area contributed by atoms with Crippen LogP contribution < -0.4 is 5.32 Å². The molecule has 0 aliphatic heterocycles. The maximum Gasteiger partial charge on any atom is 0.234 e. The summed E-state index contributed by atoms with van der Waals surface area (Å²) < 4.78 is 7.05. The van der Waals surface area contributed by atoms with E-state index in [1.807, 2.05) is 16.5 Å². The molecule has 0 bridgehead atoms. The first-order valence-electron chi connectivity index (χ1n) is 9.02. The number of aromatic nitrogens is 3. The van der Waals surface area contributed by atoms with Gasteiger partial charge in [0, 0.05) is 19.7 Å². The predicted octanol–water partition coefficient (Wildman–Crippen LogP) is 1.59. The summed E-state index contributed by atoms with van der Waals surface area (Å²) in [7, 11) is 3.61. The highest BCUT2D eigenvalue weighted by Crippen LogP contribution is 2.17. The van der Waals surface area contributed by atoms with Crippen molar-refractivity contribution in [3.63, 3.8) is 0 Å². The number of carbonyl (C=O) groups is 1. The van der Waals surface area contributed by atoms with Crippen LogP contribution in [0.4, 0.5) is 0 Å². The Labute approximate surface area is 144 Å². The van der Waals surface area contributed by atoms with Gasteiger partial charge < -0.3 is 14.6 Å². The van der Waals surface area contributed by atoms with E-state index in [-0.39, 0.29) is 5.91 Å². The number of carbonyl (C=O) groups excluding carboxylic acids is 1. The van der Waals surface area contributed by atoms with Crippen LogP contribution in [0.15, 0.2) is 6.33 Å². The van der Waals surface area contributed by atoms with Gasteiger partial charge in [0.2, 0.25) is 5.91 Å². The molecule has 0 atom stereocenters. The zero-order valence-electron chi connectivity index (χ0n) is 15.0. The van der Waals surface area contributed by atoms with Crippen molar-refractivity contribution >= 4 is 5.91 Å². The highest BCUT2D eigenvalue weighted by Gasteiger charge is 2.16. The van der Waals surface area contributed by atoms with Crippen LogP contribution >= 0.6 is 0 Å². The quantitative estimate of drug-likeness (QED) is 0.780. The molecular formula is C17H31N5O2. The molecule has 7 nitrogen and oxygen atoms in total. The summed E-state index contributed by atoms with van der Waals surface area (Å²) in [6.45, 7) is 2.33. The van der Waals surface area contributed by atoms with E-state index in [1.54, 1.807) is 13.4 Å². The normalized spacial score (nSPS) is 16.8. The molecule has 24 heavy (non-hydrogen) atoms. The van der Waals surface area contributed by atoms with Crippen LogP contribution in [0.2, 0.25) is 0 Å². The van der Waals surface area contributed by atoms with Crippen molar-refractivity contribution in [1.29, 1.82) is 0 Å². The van der Waals surface area contributed by atoms with Crippen LogP contribution in [0.3, 0.4) is 0 Å². The average molecular weight is 337 g/mol. The number of rotatable bonds is 8. The fraction of sp³-hybridized carbons (Fsp3) is 0.824. The third-order valence-electron chi connectivity index (χ3n) is 4.53. The van der Waals surface area contributed by atoms with Gasteiger partial charge in [-0.15, -0.1) is 10.2 Å². The summed E-state index contributed by atoms with van der Waals surface area (Å²) in [5.74, 6) is 0.958. The molecule has 0 unspecified atom stereocenters. The zero-order valence-corrected chi connectivity index (χ0v) is 15.0.